The van der Waals surface area contributed by atoms with Crippen LogP contribution in [0.2, 0.25) is 0 Å². The van der Waals surface area contributed by atoms with E-state index in [1.165, 1.54) is 18.2 Å². The van der Waals surface area contributed by atoms with Crippen LogP contribution in [0, 0.1) is 6.92 Å². The van der Waals surface area contributed by atoms with Crippen molar-refractivity contribution < 1.29 is 18.0 Å². The van der Waals surface area contributed by atoms with E-state index in [4.69, 9.17) is 0 Å². The molecule has 6 nitrogen and oxygen atoms in total. The fourth-order valence-corrected chi connectivity index (χ4v) is 2.85. The Morgan fingerprint density at radius 1 is 1.14 bits per heavy atom. The molecule has 0 atom stereocenters. The molecule has 0 saturated carbocycles. The van der Waals surface area contributed by atoms with Crippen molar-refractivity contribution in [1.29, 1.82) is 0 Å². The molecule has 0 aliphatic carbocycles. The molecule has 0 radical (unpaired) electrons. The van der Waals surface area contributed by atoms with Gasteiger partial charge in [-0.3, -0.25) is 9.48 Å². The largest absolute Gasteiger partial charge is 0.393 e. The Hall–Kier alpha value is -3.23. The fourth-order valence-electron chi connectivity index (χ4n) is 2.85. The third-order valence-corrected chi connectivity index (χ3v) is 3.98. The van der Waals surface area contributed by atoms with Crippen molar-refractivity contribution in [2.75, 3.05) is 5.32 Å². The normalized spacial score (nSPS) is 11.5. The lowest BCUT2D eigenvalue weighted by Crippen LogP contribution is -2.16. The maximum Gasteiger partial charge on any atom is 0.393 e. The number of alkyl halides is 3. The number of benzene rings is 1. The van der Waals surface area contributed by atoms with Crippen LogP contribution in [-0.2, 0) is 24.7 Å². The minimum Gasteiger partial charge on any atom is -0.309 e. The third kappa shape index (κ3) is 5.15. The van der Waals surface area contributed by atoms with Crippen molar-refractivity contribution in [3.63, 3.8) is 0 Å². The lowest BCUT2D eigenvalue weighted by Gasteiger charge is -2.08. The van der Waals surface area contributed by atoms with Crippen molar-refractivity contribution in [3.8, 4) is 11.3 Å². The fraction of sp³-hybridized carbons (Fsp3) is 0.263. The molecule has 0 spiro atoms. The van der Waals surface area contributed by atoms with Gasteiger partial charge in [0.25, 0.3) is 0 Å². The summed E-state index contributed by atoms with van der Waals surface area (Å²) in [7, 11) is 1.81. The average molecular weight is 389 g/mol. The van der Waals surface area contributed by atoms with Gasteiger partial charge in [-0.2, -0.15) is 18.3 Å². The van der Waals surface area contributed by atoms with Gasteiger partial charge >= 0.3 is 6.18 Å². The summed E-state index contributed by atoms with van der Waals surface area (Å²) in [6, 6.07) is 9.23. The van der Waals surface area contributed by atoms with Gasteiger partial charge in [0.15, 0.2) is 5.82 Å². The van der Waals surface area contributed by atoms with Gasteiger partial charge in [0, 0.05) is 18.8 Å². The third-order valence-electron chi connectivity index (χ3n) is 3.98. The van der Waals surface area contributed by atoms with Crippen LogP contribution in [0.3, 0.4) is 0 Å². The van der Waals surface area contributed by atoms with Crippen LogP contribution in [0.5, 0.6) is 0 Å². The topological polar surface area (TPSA) is 72.7 Å². The van der Waals surface area contributed by atoms with Gasteiger partial charge in [-0.25, -0.2) is 0 Å². The van der Waals surface area contributed by atoms with Crippen LogP contribution in [0.4, 0.5) is 19.0 Å². The number of aromatic nitrogens is 4. The summed E-state index contributed by atoms with van der Waals surface area (Å²) in [5, 5.41) is 14.9. The molecule has 2 aromatic heterocycles. The Kier molecular flexibility index (Phi) is 5.43. The van der Waals surface area contributed by atoms with E-state index in [2.05, 4.69) is 20.6 Å². The number of nitrogens with zero attached hydrogens (tertiary/aromatic N) is 4. The van der Waals surface area contributed by atoms with E-state index in [-0.39, 0.29) is 23.7 Å². The maximum absolute atomic E-state index is 12.5. The highest BCUT2D eigenvalue weighted by Gasteiger charge is 2.27. The van der Waals surface area contributed by atoms with Crippen LogP contribution in [0.15, 0.2) is 42.6 Å². The van der Waals surface area contributed by atoms with Gasteiger partial charge in [0.05, 0.1) is 24.2 Å². The van der Waals surface area contributed by atoms with E-state index in [1.54, 1.807) is 22.9 Å². The molecule has 146 valence electrons. The summed E-state index contributed by atoms with van der Waals surface area (Å²) in [6.45, 7) is 1.86. The molecular formula is C19H18F3N5O. The minimum atomic E-state index is -4.29. The number of amides is 1. The molecule has 1 amide bonds. The Morgan fingerprint density at radius 3 is 2.50 bits per heavy atom. The zero-order valence-electron chi connectivity index (χ0n) is 15.3. The quantitative estimate of drug-likeness (QED) is 0.725. The smallest absolute Gasteiger partial charge is 0.309 e. The van der Waals surface area contributed by atoms with Gasteiger partial charge in [-0.15, -0.1) is 10.2 Å². The predicted octanol–water partition coefficient (Wildman–Crippen LogP) is 3.47. The molecule has 1 aromatic carbocycles. The molecule has 0 fully saturated rings. The molecule has 2 heterocycles. The minimum absolute atomic E-state index is 0.0587. The first kappa shape index (κ1) is 19.5. The summed E-state index contributed by atoms with van der Waals surface area (Å²) in [5.74, 6) is -0.120. The first-order valence-electron chi connectivity index (χ1n) is 8.48. The first-order chi connectivity index (χ1) is 13.2. The van der Waals surface area contributed by atoms with Crippen molar-refractivity contribution in [2.24, 2.45) is 7.05 Å². The number of anilines is 1. The summed E-state index contributed by atoms with van der Waals surface area (Å²) in [6.07, 6.45) is -3.55. The number of carbonyl (C=O) groups is 1. The molecule has 0 unspecified atom stereocenters. The number of nitrogens with one attached hydrogen (secondary N) is 1. The lowest BCUT2D eigenvalue weighted by atomic mass is 10.1. The SMILES string of the molecule is Cc1nn(C)cc1-c1ccc(NC(=O)Cc2cccc(CC(F)(F)F)c2)nn1. The molecular weight excluding hydrogens is 371 g/mol. The number of halogens is 3. The Bertz CT molecular complexity index is 980. The van der Waals surface area contributed by atoms with Gasteiger partial charge in [0.1, 0.15) is 0 Å². The van der Waals surface area contributed by atoms with E-state index < -0.39 is 12.6 Å². The van der Waals surface area contributed by atoms with Gasteiger partial charge < -0.3 is 5.32 Å². The number of hydrogen-bond donors (Lipinski definition) is 1. The second-order valence-electron chi connectivity index (χ2n) is 6.44. The molecule has 0 saturated heterocycles. The highest BCUT2D eigenvalue weighted by Crippen LogP contribution is 2.22. The van der Waals surface area contributed by atoms with E-state index in [0.29, 0.717) is 11.3 Å². The van der Waals surface area contributed by atoms with Crippen molar-refractivity contribution in [3.05, 3.63) is 59.4 Å². The second-order valence-corrected chi connectivity index (χ2v) is 6.44. The first-order valence-corrected chi connectivity index (χ1v) is 8.48. The maximum atomic E-state index is 12.5. The van der Waals surface area contributed by atoms with E-state index >= 15 is 0 Å². The Balaban J connectivity index is 1.64. The van der Waals surface area contributed by atoms with E-state index in [1.807, 2.05) is 20.2 Å². The molecule has 0 aliphatic heterocycles. The van der Waals surface area contributed by atoms with Crippen LogP contribution in [0.25, 0.3) is 11.3 Å². The standard InChI is InChI=1S/C19H18F3N5O/c1-12-15(11-27(2)26-12)16-6-7-17(25-24-16)23-18(28)9-13-4-3-5-14(8-13)10-19(20,21)22/h3-8,11H,9-10H2,1-2H3,(H,23,25,28). The summed E-state index contributed by atoms with van der Waals surface area (Å²) in [5.41, 5.74) is 2.90. The van der Waals surface area contributed by atoms with Crippen LogP contribution >= 0.6 is 0 Å². The number of rotatable bonds is 5. The lowest BCUT2D eigenvalue weighted by molar-refractivity contribution is -0.127. The van der Waals surface area contributed by atoms with E-state index in [0.717, 1.165) is 11.3 Å². The van der Waals surface area contributed by atoms with Crippen molar-refractivity contribution in [1.82, 2.24) is 20.0 Å². The molecule has 3 aromatic rings. The number of aryl methyl sites for hydroxylation is 2. The summed E-state index contributed by atoms with van der Waals surface area (Å²) in [4.78, 5) is 12.2. The summed E-state index contributed by atoms with van der Waals surface area (Å²) >= 11 is 0. The van der Waals surface area contributed by atoms with Gasteiger partial charge in [0.2, 0.25) is 5.91 Å². The van der Waals surface area contributed by atoms with Crippen LogP contribution in [-0.4, -0.2) is 32.1 Å². The Morgan fingerprint density at radius 2 is 1.89 bits per heavy atom. The van der Waals surface area contributed by atoms with Gasteiger partial charge in [-0.1, -0.05) is 24.3 Å². The van der Waals surface area contributed by atoms with Crippen molar-refractivity contribution in [2.45, 2.75) is 25.9 Å². The second kappa shape index (κ2) is 7.79. The zero-order valence-corrected chi connectivity index (χ0v) is 15.3. The predicted molar refractivity (Wildman–Crippen MR) is 97.5 cm³/mol. The molecule has 28 heavy (non-hydrogen) atoms. The zero-order chi connectivity index (χ0) is 20.3. The monoisotopic (exact) mass is 389 g/mol. The molecule has 9 heteroatoms. The van der Waals surface area contributed by atoms with Crippen LogP contribution < -0.4 is 5.32 Å². The average Bonchev–Trinajstić information content (AvgIpc) is 2.92. The molecule has 0 aliphatic rings. The van der Waals surface area contributed by atoms with Crippen molar-refractivity contribution >= 4 is 11.7 Å². The van der Waals surface area contributed by atoms with Crippen LogP contribution in [0.1, 0.15) is 16.8 Å². The number of hydrogen-bond acceptors (Lipinski definition) is 4. The highest BCUT2D eigenvalue weighted by atomic mass is 19.4. The molecule has 0 bridgehead atoms. The summed E-state index contributed by atoms with van der Waals surface area (Å²) < 4.78 is 39.2. The molecule has 1 N–H and O–H groups in total. The number of carbonyl (C=O) groups excluding carboxylic acids is 1. The molecule has 3 rings (SSSR count). The van der Waals surface area contributed by atoms with Gasteiger partial charge in [-0.05, 0) is 30.2 Å². The highest BCUT2D eigenvalue weighted by molar-refractivity contribution is 5.91. The Labute approximate surface area is 159 Å². The van der Waals surface area contributed by atoms with E-state index in [9.17, 15) is 18.0 Å².